The summed E-state index contributed by atoms with van der Waals surface area (Å²) >= 11 is 0. The summed E-state index contributed by atoms with van der Waals surface area (Å²) in [7, 11) is 0.565. The van der Waals surface area contributed by atoms with Gasteiger partial charge in [0.15, 0.2) is 0 Å². The van der Waals surface area contributed by atoms with E-state index in [0.29, 0.717) is 22.7 Å². The highest BCUT2D eigenvalue weighted by atomic mass is 16.5. The van der Waals surface area contributed by atoms with Gasteiger partial charge in [-0.05, 0) is 29.2 Å². The van der Waals surface area contributed by atoms with Crippen molar-refractivity contribution in [3.8, 4) is 11.6 Å². The number of ether oxygens (including phenoxy) is 1. The van der Waals surface area contributed by atoms with Gasteiger partial charge >= 0.3 is 7.05 Å². The van der Waals surface area contributed by atoms with Crippen LogP contribution in [0.4, 0.5) is 5.82 Å². The van der Waals surface area contributed by atoms with Crippen LogP contribution in [-0.4, -0.2) is 35.5 Å². The van der Waals surface area contributed by atoms with Crippen molar-refractivity contribution in [3.63, 3.8) is 0 Å². The topological polar surface area (TPSA) is 78.2 Å². The van der Waals surface area contributed by atoms with E-state index in [1.807, 2.05) is 0 Å². The van der Waals surface area contributed by atoms with E-state index in [4.69, 9.17) is 4.74 Å². The first-order valence-corrected chi connectivity index (χ1v) is 6.04. The maximum atomic E-state index is 10.4. The summed E-state index contributed by atoms with van der Waals surface area (Å²) in [5, 5.41) is 24.0. The molecule has 0 saturated carbocycles. The lowest BCUT2D eigenvalue weighted by molar-refractivity contribution is 0.398. The minimum absolute atomic E-state index is 0.135. The number of phenols is 1. The molecule has 0 fully saturated rings. The molecule has 7 heteroatoms. The van der Waals surface area contributed by atoms with E-state index < -0.39 is 7.05 Å². The molecule has 0 saturated heterocycles. The number of pyridine rings is 1. The van der Waals surface area contributed by atoms with Crippen LogP contribution in [0.5, 0.6) is 11.6 Å². The Balaban J connectivity index is 2.00. The second kappa shape index (κ2) is 4.86. The summed E-state index contributed by atoms with van der Waals surface area (Å²) in [4.78, 5) is 5.63. The number of aromatic nitrogens is 1. The predicted octanol–water partition coefficient (Wildman–Crippen LogP) is 0.337. The second-order valence-corrected chi connectivity index (χ2v) is 4.31. The van der Waals surface area contributed by atoms with Crippen LogP contribution in [0.2, 0.25) is 0 Å². The number of hydrogen-bond acceptors (Lipinski definition) is 6. The first-order chi connectivity index (χ1) is 9.69. The van der Waals surface area contributed by atoms with Gasteiger partial charge < -0.3 is 14.9 Å². The molecule has 100 valence electrons. The van der Waals surface area contributed by atoms with E-state index in [-0.39, 0.29) is 5.75 Å². The highest BCUT2D eigenvalue weighted by Crippen LogP contribution is 2.20. The summed E-state index contributed by atoms with van der Waals surface area (Å²) in [6, 6.07) is 9.96. The Bertz CT molecular complexity index is 678. The van der Waals surface area contributed by atoms with E-state index in [9.17, 15) is 10.1 Å². The van der Waals surface area contributed by atoms with Crippen molar-refractivity contribution in [1.82, 2.24) is 4.98 Å². The van der Waals surface area contributed by atoms with Crippen LogP contribution in [0.3, 0.4) is 0 Å². The number of rotatable bonds is 2. The van der Waals surface area contributed by atoms with E-state index >= 15 is 0 Å². The van der Waals surface area contributed by atoms with Crippen LogP contribution in [0.15, 0.2) is 41.5 Å². The van der Waals surface area contributed by atoms with Crippen LogP contribution >= 0.6 is 0 Å². The Morgan fingerprint density at radius 1 is 1.25 bits per heavy atom. The molecule has 2 N–H and O–H groups in total. The summed E-state index contributed by atoms with van der Waals surface area (Å²) in [5.41, 5.74) is 1.33. The van der Waals surface area contributed by atoms with Crippen LogP contribution in [0, 0.1) is 0 Å². The maximum absolute atomic E-state index is 10.4. The molecule has 0 radical (unpaired) electrons. The fraction of sp³-hybridized carbons (Fsp3) is 0.0769. The van der Waals surface area contributed by atoms with Crippen molar-refractivity contribution in [2.24, 2.45) is 5.10 Å². The molecule has 1 aromatic carbocycles. The molecule has 0 spiro atoms. The SMILES string of the molecule is COc1cccc(N2N=Cc3cc(O)ccc3B2O)n1. The first-order valence-electron chi connectivity index (χ1n) is 6.04. The quantitative estimate of drug-likeness (QED) is 0.768. The number of benzene rings is 1. The van der Waals surface area contributed by atoms with E-state index in [1.54, 1.807) is 36.5 Å². The Labute approximate surface area is 116 Å². The number of phenolic OH excluding ortho intramolecular Hbond substituents is 1. The predicted molar refractivity (Wildman–Crippen MR) is 76.6 cm³/mol. The molecule has 2 heterocycles. The summed E-state index contributed by atoms with van der Waals surface area (Å²) in [6.07, 6.45) is 1.57. The van der Waals surface area contributed by atoms with Gasteiger partial charge in [0, 0.05) is 6.07 Å². The van der Waals surface area contributed by atoms with Crippen LogP contribution < -0.4 is 15.1 Å². The van der Waals surface area contributed by atoms with Crippen molar-refractivity contribution in [2.45, 2.75) is 0 Å². The number of fused-ring (bicyclic) bond motifs is 1. The number of anilines is 1. The van der Waals surface area contributed by atoms with Gasteiger partial charge in [-0.3, -0.25) is 4.92 Å². The molecular weight excluding hydrogens is 257 g/mol. The summed E-state index contributed by atoms with van der Waals surface area (Å²) < 4.78 is 5.06. The number of methoxy groups -OCH3 is 1. The van der Waals surface area contributed by atoms with Crippen molar-refractivity contribution < 1.29 is 14.9 Å². The standard InChI is InChI=1S/C13H12BN3O3/c1-20-13-4-2-3-12(16-13)17-14(19)11-6-5-10(18)7-9(11)8-15-17/h2-8,18-19H,1H3. The molecular formula is C13H12BN3O3. The Kier molecular flexibility index (Phi) is 3.04. The molecule has 1 aromatic heterocycles. The highest BCUT2D eigenvalue weighted by Gasteiger charge is 2.31. The van der Waals surface area contributed by atoms with Gasteiger partial charge in [0.05, 0.1) is 13.3 Å². The summed E-state index contributed by atoms with van der Waals surface area (Å²) in [6.45, 7) is 0. The Hall–Kier alpha value is -2.54. The van der Waals surface area contributed by atoms with Crippen molar-refractivity contribution in [2.75, 3.05) is 12.0 Å². The third-order valence-corrected chi connectivity index (χ3v) is 3.05. The molecule has 0 atom stereocenters. The largest absolute Gasteiger partial charge is 0.508 e. The zero-order chi connectivity index (χ0) is 14.1. The van der Waals surface area contributed by atoms with E-state index in [1.165, 1.54) is 18.1 Å². The van der Waals surface area contributed by atoms with Crippen molar-refractivity contribution in [3.05, 3.63) is 42.0 Å². The van der Waals surface area contributed by atoms with Crippen LogP contribution in [0.25, 0.3) is 0 Å². The van der Waals surface area contributed by atoms with Gasteiger partial charge in [0.25, 0.3) is 0 Å². The van der Waals surface area contributed by atoms with Gasteiger partial charge in [-0.15, -0.1) is 0 Å². The molecule has 0 amide bonds. The average molecular weight is 269 g/mol. The maximum Gasteiger partial charge on any atom is 0.473 e. The molecule has 6 nitrogen and oxygen atoms in total. The molecule has 0 unspecified atom stereocenters. The molecule has 3 rings (SSSR count). The summed E-state index contributed by atoms with van der Waals surface area (Å²) in [5.74, 6) is 1.06. The minimum Gasteiger partial charge on any atom is -0.508 e. The fourth-order valence-electron chi connectivity index (χ4n) is 2.06. The zero-order valence-corrected chi connectivity index (χ0v) is 10.8. The molecule has 1 aliphatic heterocycles. The highest BCUT2D eigenvalue weighted by molar-refractivity contribution is 6.71. The van der Waals surface area contributed by atoms with Crippen molar-refractivity contribution in [1.29, 1.82) is 0 Å². The lowest BCUT2D eigenvalue weighted by atomic mass is 9.70. The van der Waals surface area contributed by atoms with Crippen molar-refractivity contribution >= 4 is 24.5 Å². The Morgan fingerprint density at radius 3 is 2.90 bits per heavy atom. The lowest BCUT2D eigenvalue weighted by Gasteiger charge is -2.25. The van der Waals surface area contributed by atoms with E-state index in [2.05, 4.69) is 10.1 Å². The van der Waals surface area contributed by atoms with Gasteiger partial charge in [-0.2, -0.15) is 10.1 Å². The molecule has 0 bridgehead atoms. The third-order valence-electron chi connectivity index (χ3n) is 3.05. The molecule has 0 aliphatic carbocycles. The average Bonchev–Trinajstić information content (AvgIpc) is 2.47. The molecule has 20 heavy (non-hydrogen) atoms. The lowest BCUT2D eigenvalue weighted by Crippen LogP contribution is -2.50. The number of aromatic hydroxyl groups is 1. The zero-order valence-electron chi connectivity index (χ0n) is 10.8. The van der Waals surface area contributed by atoms with Crippen LogP contribution in [-0.2, 0) is 0 Å². The second-order valence-electron chi connectivity index (χ2n) is 4.31. The first kappa shape index (κ1) is 12.5. The minimum atomic E-state index is -0.963. The van der Waals surface area contributed by atoms with Gasteiger partial charge in [0.2, 0.25) is 5.88 Å². The van der Waals surface area contributed by atoms with Crippen LogP contribution in [0.1, 0.15) is 5.56 Å². The number of hydrazone groups is 1. The van der Waals surface area contributed by atoms with E-state index in [0.717, 1.165) is 0 Å². The number of nitrogens with zero attached hydrogens (tertiary/aromatic N) is 3. The smallest absolute Gasteiger partial charge is 0.473 e. The third kappa shape index (κ3) is 2.08. The molecule has 2 aromatic rings. The number of hydrogen-bond donors (Lipinski definition) is 2. The Morgan fingerprint density at radius 2 is 2.10 bits per heavy atom. The van der Waals surface area contributed by atoms with Gasteiger partial charge in [0.1, 0.15) is 11.6 Å². The fourth-order valence-corrected chi connectivity index (χ4v) is 2.06. The normalized spacial score (nSPS) is 13.3. The van der Waals surface area contributed by atoms with Gasteiger partial charge in [-0.1, -0.05) is 12.1 Å². The molecule has 1 aliphatic rings. The monoisotopic (exact) mass is 269 g/mol. The van der Waals surface area contributed by atoms with Gasteiger partial charge in [-0.25, -0.2) is 0 Å².